The highest BCUT2D eigenvalue weighted by atomic mass is 35.5. The molecule has 2 heterocycles. The van der Waals surface area contributed by atoms with E-state index < -0.39 is 0 Å². The normalized spacial score (nSPS) is 16.0. The van der Waals surface area contributed by atoms with Gasteiger partial charge in [-0.25, -0.2) is 4.98 Å². The first-order valence-corrected chi connectivity index (χ1v) is 12.9. The fraction of sp³-hybridized carbons (Fsp3) is 0.444. The van der Waals surface area contributed by atoms with Crippen molar-refractivity contribution < 1.29 is 14.3 Å². The van der Waals surface area contributed by atoms with Gasteiger partial charge in [0.15, 0.2) is 0 Å². The van der Waals surface area contributed by atoms with Crippen molar-refractivity contribution in [1.82, 2.24) is 14.5 Å². The van der Waals surface area contributed by atoms with Crippen LogP contribution in [0, 0.1) is 19.8 Å². The fourth-order valence-corrected chi connectivity index (χ4v) is 5.15. The van der Waals surface area contributed by atoms with Crippen LogP contribution in [0.3, 0.4) is 0 Å². The quantitative estimate of drug-likeness (QED) is 0.376. The Labute approximate surface area is 216 Å². The summed E-state index contributed by atoms with van der Waals surface area (Å²) in [6.07, 6.45) is 2.43. The maximum atomic E-state index is 13.1. The molecule has 8 heteroatoms. The van der Waals surface area contributed by atoms with E-state index in [1.54, 1.807) is 17.9 Å². The lowest BCUT2D eigenvalue weighted by molar-refractivity contribution is -0.151. The monoisotopic (exact) mass is 515 g/mol. The van der Waals surface area contributed by atoms with Crippen LogP contribution in [-0.2, 0) is 27.3 Å². The molecule has 1 atom stereocenters. The summed E-state index contributed by atoms with van der Waals surface area (Å²) in [6, 6.07) is 9.69. The van der Waals surface area contributed by atoms with Crippen LogP contribution in [-0.4, -0.2) is 46.0 Å². The maximum Gasteiger partial charge on any atom is 0.310 e. The molecule has 0 N–H and O–H groups in total. The first kappa shape index (κ1) is 25.5. The number of amides is 1. The molecule has 186 valence electrons. The van der Waals surface area contributed by atoms with Crippen molar-refractivity contribution >= 4 is 46.1 Å². The molecule has 2 aromatic carbocycles. The van der Waals surface area contributed by atoms with Crippen LogP contribution in [0.1, 0.15) is 48.7 Å². The van der Waals surface area contributed by atoms with Crippen LogP contribution in [0.5, 0.6) is 0 Å². The molecule has 35 heavy (non-hydrogen) atoms. The van der Waals surface area contributed by atoms with Crippen LogP contribution in [0.15, 0.2) is 30.3 Å². The van der Waals surface area contributed by atoms with E-state index in [4.69, 9.17) is 32.9 Å². The van der Waals surface area contributed by atoms with Gasteiger partial charge in [0.25, 0.3) is 0 Å². The van der Waals surface area contributed by atoms with Gasteiger partial charge in [0.05, 0.1) is 23.6 Å². The Bertz CT molecular complexity index is 1250. The second kappa shape index (κ2) is 11.0. The van der Waals surface area contributed by atoms with Crippen molar-refractivity contribution in [2.24, 2.45) is 5.92 Å². The molecule has 1 amide bonds. The summed E-state index contributed by atoms with van der Waals surface area (Å²) < 4.78 is 7.30. The Balaban J connectivity index is 1.56. The largest absolute Gasteiger partial charge is 0.466 e. The van der Waals surface area contributed by atoms with E-state index in [0.29, 0.717) is 49.1 Å². The Morgan fingerprint density at radius 3 is 2.66 bits per heavy atom. The predicted octanol–water partition coefficient (Wildman–Crippen LogP) is 5.74. The van der Waals surface area contributed by atoms with Gasteiger partial charge in [0.1, 0.15) is 5.82 Å². The summed E-state index contributed by atoms with van der Waals surface area (Å²) in [5.41, 5.74) is 5.19. The molecule has 0 bridgehead atoms. The number of rotatable bonds is 7. The first-order chi connectivity index (χ1) is 16.8. The summed E-state index contributed by atoms with van der Waals surface area (Å²) in [6.45, 7) is 7.91. The van der Waals surface area contributed by atoms with Gasteiger partial charge in [0.2, 0.25) is 5.91 Å². The van der Waals surface area contributed by atoms with E-state index in [9.17, 15) is 9.59 Å². The zero-order chi connectivity index (χ0) is 25.1. The number of aromatic nitrogens is 2. The highest BCUT2D eigenvalue weighted by molar-refractivity contribution is 6.35. The van der Waals surface area contributed by atoms with Crippen LogP contribution in [0.2, 0.25) is 10.0 Å². The van der Waals surface area contributed by atoms with E-state index >= 15 is 0 Å². The van der Waals surface area contributed by atoms with Gasteiger partial charge >= 0.3 is 5.97 Å². The average Bonchev–Trinajstić information content (AvgIpc) is 3.15. The van der Waals surface area contributed by atoms with Crippen LogP contribution in [0.25, 0.3) is 11.0 Å². The summed E-state index contributed by atoms with van der Waals surface area (Å²) >= 11 is 12.5. The number of halogens is 2. The molecule has 6 nitrogen and oxygen atoms in total. The van der Waals surface area contributed by atoms with Crippen molar-refractivity contribution in [2.75, 3.05) is 19.7 Å². The van der Waals surface area contributed by atoms with Crippen molar-refractivity contribution in [3.63, 3.8) is 0 Å². The zero-order valence-corrected chi connectivity index (χ0v) is 22.0. The van der Waals surface area contributed by atoms with E-state index in [2.05, 4.69) is 30.5 Å². The highest BCUT2D eigenvalue weighted by Gasteiger charge is 2.29. The standard InChI is InChI=1S/C27H31Cl2N3O3/c1-4-35-27(34)20-6-5-10-31(16-20)26(33)9-11-32-24-13-18(3)17(2)12-23(24)30-25(32)14-19-7-8-21(28)15-22(19)29/h7-8,12-13,15,20H,4-6,9-11,14,16H2,1-3H3. The Hall–Kier alpha value is -2.57. The molecule has 1 aliphatic heterocycles. The number of benzene rings is 2. The van der Waals surface area contributed by atoms with Crippen molar-refractivity contribution in [3.05, 3.63) is 62.9 Å². The number of ether oxygens (including phenoxy) is 1. The number of nitrogens with zero attached hydrogens (tertiary/aromatic N) is 3. The number of hydrogen-bond donors (Lipinski definition) is 0. The Kier molecular flexibility index (Phi) is 8.02. The summed E-state index contributed by atoms with van der Waals surface area (Å²) in [5, 5.41) is 1.18. The van der Waals surface area contributed by atoms with Gasteiger partial charge in [0, 0.05) is 42.5 Å². The van der Waals surface area contributed by atoms with Gasteiger partial charge in [-0.15, -0.1) is 0 Å². The molecule has 1 saturated heterocycles. The minimum atomic E-state index is -0.241. The van der Waals surface area contributed by atoms with Gasteiger partial charge in [-0.3, -0.25) is 9.59 Å². The molecule has 3 aromatic rings. The zero-order valence-electron chi connectivity index (χ0n) is 20.4. The van der Waals surface area contributed by atoms with E-state index in [1.807, 2.05) is 12.1 Å². The predicted molar refractivity (Wildman–Crippen MR) is 139 cm³/mol. The van der Waals surface area contributed by atoms with Crippen LogP contribution < -0.4 is 0 Å². The number of imidazole rings is 1. The maximum absolute atomic E-state index is 13.1. The summed E-state index contributed by atoms with van der Waals surface area (Å²) in [5.74, 6) is 0.443. The summed E-state index contributed by atoms with van der Waals surface area (Å²) in [7, 11) is 0. The number of fused-ring (bicyclic) bond motifs is 1. The number of likely N-dealkylation sites (tertiary alicyclic amines) is 1. The molecular formula is C27H31Cl2N3O3. The molecule has 0 spiro atoms. The topological polar surface area (TPSA) is 64.4 Å². The smallest absolute Gasteiger partial charge is 0.310 e. The van der Waals surface area contributed by atoms with Crippen LogP contribution >= 0.6 is 23.2 Å². The number of carbonyl (C=O) groups is 2. The minimum Gasteiger partial charge on any atom is -0.466 e. The molecule has 4 rings (SSSR count). The highest BCUT2D eigenvalue weighted by Crippen LogP contribution is 2.27. The van der Waals surface area contributed by atoms with Crippen molar-refractivity contribution in [1.29, 1.82) is 0 Å². The molecule has 1 unspecified atom stereocenters. The van der Waals surface area contributed by atoms with Crippen molar-refractivity contribution in [3.8, 4) is 0 Å². The number of carbonyl (C=O) groups excluding carboxylic acids is 2. The van der Waals surface area contributed by atoms with E-state index in [1.165, 1.54) is 11.1 Å². The SMILES string of the molecule is CCOC(=O)C1CCCN(C(=O)CCn2c(Cc3ccc(Cl)cc3Cl)nc3cc(C)c(C)cc32)C1. The Morgan fingerprint density at radius 2 is 1.91 bits per heavy atom. The first-order valence-electron chi connectivity index (χ1n) is 12.1. The lowest BCUT2D eigenvalue weighted by Gasteiger charge is -2.31. The number of hydrogen-bond acceptors (Lipinski definition) is 4. The molecular weight excluding hydrogens is 485 g/mol. The van der Waals surface area contributed by atoms with Gasteiger partial charge in [-0.2, -0.15) is 0 Å². The van der Waals surface area contributed by atoms with Gasteiger partial charge < -0.3 is 14.2 Å². The molecule has 0 radical (unpaired) electrons. The molecule has 0 saturated carbocycles. The fourth-order valence-electron chi connectivity index (χ4n) is 4.67. The van der Waals surface area contributed by atoms with Crippen molar-refractivity contribution in [2.45, 2.75) is 53.0 Å². The molecule has 1 aliphatic rings. The van der Waals surface area contributed by atoms with Crippen LogP contribution in [0.4, 0.5) is 0 Å². The third-order valence-corrected chi connectivity index (χ3v) is 7.34. The third-order valence-electron chi connectivity index (χ3n) is 6.75. The lowest BCUT2D eigenvalue weighted by Crippen LogP contribution is -2.43. The second-order valence-corrected chi connectivity index (χ2v) is 10.0. The number of aryl methyl sites for hydroxylation is 3. The molecule has 1 fully saturated rings. The molecule has 0 aliphatic carbocycles. The molecule has 1 aromatic heterocycles. The van der Waals surface area contributed by atoms with E-state index in [0.717, 1.165) is 35.3 Å². The minimum absolute atomic E-state index is 0.0418. The third kappa shape index (κ3) is 5.81. The van der Waals surface area contributed by atoms with Gasteiger partial charge in [-0.05, 0) is 74.6 Å². The Morgan fingerprint density at radius 1 is 1.14 bits per heavy atom. The lowest BCUT2D eigenvalue weighted by atomic mass is 9.98. The number of esters is 1. The average molecular weight is 516 g/mol. The van der Waals surface area contributed by atoms with Gasteiger partial charge in [-0.1, -0.05) is 29.3 Å². The number of piperidine rings is 1. The summed E-state index contributed by atoms with van der Waals surface area (Å²) in [4.78, 5) is 32.0. The second-order valence-electron chi connectivity index (χ2n) is 9.20. The van der Waals surface area contributed by atoms with E-state index in [-0.39, 0.29) is 17.8 Å².